The van der Waals surface area contributed by atoms with Gasteiger partial charge in [-0.1, -0.05) is 20.8 Å². The normalized spacial score (nSPS) is 13.1. The van der Waals surface area contributed by atoms with E-state index in [9.17, 15) is 9.18 Å². The van der Waals surface area contributed by atoms with E-state index in [0.717, 1.165) is 12.8 Å². The fourth-order valence-electron chi connectivity index (χ4n) is 2.19. The average molecular weight is 281 g/mol. The smallest absolute Gasteiger partial charge is 0.224 e. The summed E-state index contributed by atoms with van der Waals surface area (Å²) in [6.07, 6.45) is 3.45. The Morgan fingerprint density at radius 2 is 2.10 bits per heavy atom. The molecule has 1 aromatic heterocycles. The molecule has 1 amide bonds. The van der Waals surface area contributed by atoms with Crippen molar-refractivity contribution in [1.29, 1.82) is 0 Å². The van der Waals surface area contributed by atoms with E-state index >= 15 is 0 Å². The van der Waals surface area contributed by atoms with Crippen LogP contribution in [0.4, 0.5) is 10.1 Å². The average Bonchev–Trinajstić information content (AvgIpc) is 2.36. The van der Waals surface area contributed by atoms with Crippen LogP contribution in [-0.2, 0) is 4.79 Å². The van der Waals surface area contributed by atoms with Crippen molar-refractivity contribution in [2.75, 3.05) is 11.9 Å². The van der Waals surface area contributed by atoms with Gasteiger partial charge in [-0.25, -0.2) is 4.98 Å². The quantitative estimate of drug-likeness (QED) is 0.788. The van der Waals surface area contributed by atoms with Crippen molar-refractivity contribution in [3.8, 4) is 0 Å². The third kappa shape index (κ3) is 5.65. The van der Waals surface area contributed by atoms with Crippen LogP contribution in [0.5, 0.6) is 0 Å². The number of aromatic nitrogens is 1. The standard InChI is InChI=1S/C15H24FN3O/c1-15(2,3)11(8-9-17)4-7-14(20)19-12-5-6-13(16)18-10-12/h5-6,10-11H,4,7-9,17H2,1-3H3,(H,19,20). The summed E-state index contributed by atoms with van der Waals surface area (Å²) in [4.78, 5) is 15.4. The van der Waals surface area contributed by atoms with Gasteiger partial charge >= 0.3 is 0 Å². The number of nitrogens with one attached hydrogen (secondary N) is 1. The molecule has 0 aliphatic carbocycles. The minimum Gasteiger partial charge on any atom is -0.330 e. The number of nitrogens with zero attached hydrogens (tertiary/aromatic N) is 1. The van der Waals surface area contributed by atoms with Gasteiger partial charge in [0.15, 0.2) is 0 Å². The predicted octanol–water partition coefficient (Wildman–Crippen LogP) is 2.95. The minimum absolute atomic E-state index is 0.0790. The number of hydrogen-bond donors (Lipinski definition) is 2. The molecule has 1 atom stereocenters. The zero-order chi connectivity index (χ0) is 15.2. The summed E-state index contributed by atoms with van der Waals surface area (Å²) in [7, 11) is 0. The Labute approximate surface area is 120 Å². The summed E-state index contributed by atoms with van der Waals surface area (Å²) in [6, 6.07) is 2.73. The predicted molar refractivity (Wildman–Crippen MR) is 78.7 cm³/mol. The summed E-state index contributed by atoms with van der Waals surface area (Å²) >= 11 is 0. The molecule has 0 aromatic carbocycles. The summed E-state index contributed by atoms with van der Waals surface area (Å²) in [5, 5.41) is 2.72. The van der Waals surface area contributed by atoms with Crippen molar-refractivity contribution in [2.24, 2.45) is 17.1 Å². The lowest BCUT2D eigenvalue weighted by molar-refractivity contribution is -0.116. The van der Waals surface area contributed by atoms with Gasteiger partial charge in [0.25, 0.3) is 0 Å². The molecule has 0 aliphatic rings. The SMILES string of the molecule is CC(C)(C)C(CCN)CCC(=O)Nc1ccc(F)nc1. The van der Waals surface area contributed by atoms with E-state index in [1.54, 1.807) is 0 Å². The van der Waals surface area contributed by atoms with Crippen LogP contribution in [0, 0.1) is 17.3 Å². The molecule has 0 saturated heterocycles. The van der Waals surface area contributed by atoms with Gasteiger partial charge in [-0.3, -0.25) is 4.79 Å². The second-order valence-corrected chi connectivity index (χ2v) is 6.10. The van der Waals surface area contributed by atoms with E-state index in [1.165, 1.54) is 18.3 Å². The largest absolute Gasteiger partial charge is 0.330 e. The zero-order valence-corrected chi connectivity index (χ0v) is 12.4. The van der Waals surface area contributed by atoms with Crippen molar-refractivity contribution < 1.29 is 9.18 Å². The molecule has 0 bridgehead atoms. The Bertz CT molecular complexity index is 426. The van der Waals surface area contributed by atoms with Crippen molar-refractivity contribution in [1.82, 2.24) is 4.98 Å². The molecule has 1 unspecified atom stereocenters. The number of carbonyl (C=O) groups excluding carboxylic acids is 1. The highest BCUT2D eigenvalue weighted by Gasteiger charge is 2.24. The van der Waals surface area contributed by atoms with Gasteiger partial charge in [-0.15, -0.1) is 0 Å². The second-order valence-electron chi connectivity index (χ2n) is 6.10. The van der Waals surface area contributed by atoms with Crippen molar-refractivity contribution >= 4 is 11.6 Å². The van der Waals surface area contributed by atoms with Crippen molar-refractivity contribution in [2.45, 2.75) is 40.0 Å². The van der Waals surface area contributed by atoms with E-state index in [-0.39, 0.29) is 11.3 Å². The first-order valence-corrected chi connectivity index (χ1v) is 6.94. The van der Waals surface area contributed by atoms with Crippen LogP contribution in [0.2, 0.25) is 0 Å². The number of pyridine rings is 1. The fourth-order valence-corrected chi connectivity index (χ4v) is 2.19. The number of hydrogen-bond acceptors (Lipinski definition) is 3. The molecule has 0 aliphatic heterocycles. The van der Waals surface area contributed by atoms with Gasteiger partial charge in [-0.2, -0.15) is 4.39 Å². The molecule has 4 nitrogen and oxygen atoms in total. The van der Waals surface area contributed by atoms with Crippen molar-refractivity contribution in [3.63, 3.8) is 0 Å². The van der Waals surface area contributed by atoms with Crippen LogP contribution < -0.4 is 11.1 Å². The molecule has 1 rings (SSSR count). The Kier molecular flexibility index (Phi) is 6.07. The Hall–Kier alpha value is -1.49. The molecule has 0 spiro atoms. The van der Waals surface area contributed by atoms with E-state index in [0.29, 0.717) is 24.6 Å². The van der Waals surface area contributed by atoms with Crippen LogP contribution in [-0.4, -0.2) is 17.4 Å². The van der Waals surface area contributed by atoms with E-state index in [4.69, 9.17) is 5.73 Å². The van der Waals surface area contributed by atoms with Gasteiger partial charge in [0.2, 0.25) is 11.9 Å². The lowest BCUT2D eigenvalue weighted by Crippen LogP contribution is -2.25. The monoisotopic (exact) mass is 281 g/mol. The number of halogens is 1. The molecule has 1 heterocycles. The third-order valence-electron chi connectivity index (χ3n) is 3.47. The van der Waals surface area contributed by atoms with Crippen LogP contribution in [0.25, 0.3) is 0 Å². The van der Waals surface area contributed by atoms with Gasteiger partial charge in [0.05, 0.1) is 11.9 Å². The zero-order valence-electron chi connectivity index (χ0n) is 12.4. The number of anilines is 1. The number of amides is 1. The maximum Gasteiger partial charge on any atom is 0.224 e. The molecule has 20 heavy (non-hydrogen) atoms. The first-order chi connectivity index (χ1) is 9.32. The van der Waals surface area contributed by atoms with Crippen LogP contribution >= 0.6 is 0 Å². The minimum atomic E-state index is -0.557. The Balaban J connectivity index is 2.47. The lowest BCUT2D eigenvalue weighted by Gasteiger charge is -2.30. The van der Waals surface area contributed by atoms with Gasteiger partial charge in [-0.05, 0) is 42.9 Å². The molecule has 1 aromatic rings. The van der Waals surface area contributed by atoms with Crippen LogP contribution in [0.15, 0.2) is 18.3 Å². The van der Waals surface area contributed by atoms with Crippen LogP contribution in [0.1, 0.15) is 40.0 Å². The van der Waals surface area contributed by atoms with E-state index < -0.39 is 5.95 Å². The molecule has 3 N–H and O–H groups in total. The first kappa shape index (κ1) is 16.6. The molecule has 5 heteroatoms. The maximum absolute atomic E-state index is 12.7. The van der Waals surface area contributed by atoms with Gasteiger partial charge < -0.3 is 11.1 Å². The number of nitrogens with two attached hydrogens (primary N) is 1. The van der Waals surface area contributed by atoms with Gasteiger partial charge in [0, 0.05) is 6.42 Å². The Morgan fingerprint density at radius 3 is 2.60 bits per heavy atom. The van der Waals surface area contributed by atoms with Gasteiger partial charge in [0.1, 0.15) is 0 Å². The van der Waals surface area contributed by atoms with E-state index in [2.05, 4.69) is 31.1 Å². The van der Waals surface area contributed by atoms with E-state index in [1.807, 2.05) is 0 Å². The maximum atomic E-state index is 12.7. The third-order valence-corrected chi connectivity index (χ3v) is 3.47. The molecular formula is C15H24FN3O. The highest BCUT2D eigenvalue weighted by Crippen LogP contribution is 2.32. The highest BCUT2D eigenvalue weighted by molar-refractivity contribution is 5.90. The summed E-state index contributed by atoms with van der Waals surface area (Å²) in [5.41, 5.74) is 6.28. The molecular weight excluding hydrogens is 257 g/mol. The van der Waals surface area contributed by atoms with Crippen molar-refractivity contribution in [3.05, 3.63) is 24.3 Å². The number of rotatable bonds is 6. The molecule has 0 saturated carbocycles. The highest BCUT2D eigenvalue weighted by atomic mass is 19.1. The van der Waals surface area contributed by atoms with Crippen LogP contribution in [0.3, 0.4) is 0 Å². The molecule has 0 fully saturated rings. The summed E-state index contributed by atoms with van der Waals surface area (Å²) in [6.45, 7) is 7.12. The first-order valence-electron chi connectivity index (χ1n) is 6.94. The second kappa shape index (κ2) is 7.33. The molecule has 112 valence electrons. The summed E-state index contributed by atoms with van der Waals surface area (Å²) in [5.74, 6) is -0.229. The number of carbonyl (C=O) groups is 1. The summed E-state index contributed by atoms with van der Waals surface area (Å²) < 4.78 is 12.7. The Morgan fingerprint density at radius 1 is 1.40 bits per heavy atom. The lowest BCUT2D eigenvalue weighted by atomic mass is 9.76. The molecule has 0 radical (unpaired) electrons. The topological polar surface area (TPSA) is 68.0 Å². The fraction of sp³-hybridized carbons (Fsp3) is 0.600.